The van der Waals surface area contributed by atoms with Crippen molar-refractivity contribution in [1.82, 2.24) is 19.6 Å². The van der Waals surface area contributed by atoms with Crippen LogP contribution >= 0.6 is 15.9 Å². The fourth-order valence-electron chi connectivity index (χ4n) is 2.13. The molecule has 0 aliphatic heterocycles. The molecule has 2 aromatic heterocycles. The Hall–Kier alpha value is -2.15. The van der Waals surface area contributed by atoms with E-state index >= 15 is 0 Å². The summed E-state index contributed by atoms with van der Waals surface area (Å²) in [4.78, 5) is 10.6. The first-order valence-electron chi connectivity index (χ1n) is 6.90. The van der Waals surface area contributed by atoms with Gasteiger partial charge < -0.3 is 9.64 Å². The van der Waals surface area contributed by atoms with Crippen molar-refractivity contribution in [3.63, 3.8) is 0 Å². The van der Waals surface area contributed by atoms with Crippen molar-refractivity contribution >= 4 is 27.5 Å². The normalized spacial score (nSPS) is 10.9. The molecule has 22 heavy (non-hydrogen) atoms. The number of rotatable bonds is 5. The number of halogens is 1. The summed E-state index contributed by atoms with van der Waals surface area (Å²) in [6.45, 7) is 3.26. The van der Waals surface area contributed by atoms with E-state index in [-0.39, 0.29) is 0 Å². The maximum atomic E-state index is 5.75. The zero-order chi connectivity index (χ0) is 15.5. The molecule has 6 nitrogen and oxygen atoms in total. The Labute approximate surface area is 136 Å². The first-order chi connectivity index (χ1) is 10.6. The Bertz CT molecular complexity index is 771. The van der Waals surface area contributed by atoms with Crippen LogP contribution < -0.4 is 9.64 Å². The van der Waals surface area contributed by atoms with Gasteiger partial charge in [0.2, 0.25) is 0 Å². The van der Waals surface area contributed by atoms with Crippen molar-refractivity contribution in [1.29, 1.82) is 0 Å². The van der Waals surface area contributed by atoms with Gasteiger partial charge in [-0.1, -0.05) is 15.9 Å². The van der Waals surface area contributed by atoms with E-state index in [4.69, 9.17) is 4.74 Å². The number of likely N-dealkylation sites (N-methyl/N-ethyl adjacent to an activating group) is 1. The lowest BCUT2D eigenvalue weighted by atomic mass is 10.3. The molecule has 114 valence electrons. The standard InChI is InChI=1S/C15H16BrN5O/c1-11-9-14(21-15(19-11)17-10-18-21)20(2)7-8-22-13-5-3-12(16)4-6-13/h3-6,9-10H,7-8H2,1-2H3. The van der Waals surface area contributed by atoms with Gasteiger partial charge in [-0.15, -0.1) is 0 Å². The molecule has 3 aromatic rings. The minimum atomic E-state index is 0.579. The summed E-state index contributed by atoms with van der Waals surface area (Å²) in [7, 11) is 2.00. The first kappa shape index (κ1) is 14.8. The molecule has 0 aliphatic carbocycles. The predicted octanol–water partition coefficient (Wildman–Crippen LogP) is 2.71. The molecule has 3 rings (SSSR count). The molecule has 0 radical (unpaired) electrons. The van der Waals surface area contributed by atoms with Crippen LogP contribution in [0.5, 0.6) is 5.75 Å². The molecule has 0 amide bonds. The Kier molecular flexibility index (Phi) is 4.24. The van der Waals surface area contributed by atoms with E-state index in [9.17, 15) is 0 Å². The third-order valence-electron chi connectivity index (χ3n) is 3.26. The summed E-state index contributed by atoms with van der Waals surface area (Å²) in [6.07, 6.45) is 1.51. The molecule has 0 unspecified atom stereocenters. The smallest absolute Gasteiger partial charge is 0.254 e. The lowest BCUT2D eigenvalue weighted by Crippen LogP contribution is -2.26. The van der Waals surface area contributed by atoms with Crippen LogP contribution in [0.2, 0.25) is 0 Å². The summed E-state index contributed by atoms with van der Waals surface area (Å²) in [5.74, 6) is 2.41. The second-order valence-electron chi connectivity index (χ2n) is 4.95. The molecular formula is C15H16BrN5O. The van der Waals surface area contributed by atoms with Gasteiger partial charge in [0, 0.05) is 23.3 Å². The zero-order valence-electron chi connectivity index (χ0n) is 12.4. The molecule has 1 aromatic carbocycles. The van der Waals surface area contributed by atoms with Gasteiger partial charge in [0.1, 0.15) is 24.5 Å². The Morgan fingerprint density at radius 3 is 2.82 bits per heavy atom. The second kappa shape index (κ2) is 6.31. The molecule has 0 N–H and O–H groups in total. The zero-order valence-corrected chi connectivity index (χ0v) is 14.0. The van der Waals surface area contributed by atoms with Gasteiger partial charge in [-0.25, -0.2) is 4.98 Å². The van der Waals surface area contributed by atoms with Crippen LogP contribution in [-0.4, -0.2) is 39.8 Å². The second-order valence-corrected chi connectivity index (χ2v) is 5.87. The number of hydrogen-bond acceptors (Lipinski definition) is 5. The summed E-state index contributed by atoms with van der Waals surface area (Å²) < 4.78 is 8.52. The number of fused-ring (bicyclic) bond motifs is 1. The van der Waals surface area contributed by atoms with Crippen molar-refractivity contribution in [2.75, 3.05) is 25.1 Å². The van der Waals surface area contributed by atoms with E-state index in [1.54, 1.807) is 4.52 Å². The molecule has 0 saturated carbocycles. The summed E-state index contributed by atoms with van der Waals surface area (Å²) in [6, 6.07) is 9.79. The van der Waals surface area contributed by atoms with Gasteiger partial charge in [-0.2, -0.15) is 14.6 Å². The van der Waals surface area contributed by atoms with E-state index in [1.807, 2.05) is 44.3 Å². The fourth-order valence-corrected chi connectivity index (χ4v) is 2.39. The maximum absolute atomic E-state index is 5.75. The molecule has 0 bridgehead atoms. The molecule has 0 atom stereocenters. The summed E-state index contributed by atoms with van der Waals surface area (Å²) in [5, 5.41) is 4.21. The Balaban J connectivity index is 1.67. The van der Waals surface area contributed by atoms with Gasteiger partial charge in [0.05, 0.1) is 6.54 Å². The molecular weight excluding hydrogens is 346 g/mol. The number of aryl methyl sites for hydroxylation is 1. The SMILES string of the molecule is Cc1cc(N(C)CCOc2ccc(Br)cc2)n2ncnc2n1. The Morgan fingerprint density at radius 1 is 1.27 bits per heavy atom. The van der Waals surface area contributed by atoms with Crippen molar-refractivity contribution in [3.05, 3.63) is 46.8 Å². The highest BCUT2D eigenvalue weighted by Gasteiger charge is 2.10. The van der Waals surface area contributed by atoms with Gasteiger partial charge >= 0.3 is 0 Å². The number of nitrogens with zero attached hydrogens (tertiary/aromatic N) is 5. The van der Waals surface area contributed by atoms with Gasteiger partial charge in [-0.3, -0.25) is 0 Å². The van der Waals surface area contributed by atoms with Gasteiger partial charge in [0.25, 0.3) is 5.78 Å². The van der Waals surface area contributed by atoms with Gasteiger partial charge in [-0.05, 0) is 31.2 Å². The Morgan fingerprint density at radius 2 is 2.05 bits per heavy atom. The topological polar surface area (TPSA) is 55.6 Å². The van der Waals surface area contributed by atoms with E-state index < -0.39 is 0 Å². The molecule has 0 saturated heterocycles. The van der Waals surface area contributed by atoms with Crippen molar-refractivity contribution in [2.45, 2.75) is 6.92 Å². The van der Waals surface area contributed by atoms with Crippen LogP contribution in [0.25, 0.3) is 5.78 Å². The monoisotopic (exact) mass is 361 g/mol. The summed E-state index contributed by atoms with van der Waals surface area (Å²) in [5.41, 5.74) is 0.913. The molecule has 2 heterocycles. The van der Waals surface area contributed by atoms with Crippen LogP contribution in [0, 0.1) is 6.92 Å². The van der Waals surface area contributed by atoms with Crippen molar-refractivity contribution < 1.29 is 4.74 Å². The number of hydrogen-bond donors (Lipinski definition) is 0. The van der Waals surface area contributed by atoms with Crippen molar-refractivity contribution in [3.8, 4) is 5.75 Å². The quantitative estimate of drug-likeness (QED) is 0.699. The predicted molar refractivity (Wildman–Crippen MR) is 88.4 cm³/mol. The highest BCUT2D eigenvalue weighted by molar-refractivity contribution is 9.10. The minimum absolute atomic E-state index is 0.579. The van der Waals surface area contributed by atoms with E-state index in [0.29, 0.717) is 12.4 Å². The number of anilines is 1. The van der Waals surface area contributed by atoms with E-state index in [2.05, 4.69) is 35.9 Å². The van der Waals surface area contributed by atoms with Gasteiger partial charge in [0.15, 0.2) is 0 Å². The third-order valence-corrected chi connectivity index (χ3v) is 3.79. The largest absolute Gasteiger partial charge is 0.492 e. The van der Waals surface area contributed by atoms with Crippen LogP contribution in [0.1, 0.15) is 5.69 Å². The molecule has 0 fully saturated rings. The van der Waals surface area contributed by atoms with Crippen LogP contribution in [0.4, 0.5) is 5.82 Å². The number of aromatic nitrogens is 4. The average molecular weight is 362 g/mol. The maximum Gasteiger partial charge on any atom is 0.254 e. The summed E-state index contributed by atoms with van der Waals surface area (Å²) >= 11 is 3.41. The van der Waals surface area contributed by atoms with Crippen LogP contribution in [0.15, 0.2) is 41.1 Å². The van der Waals surface area contributed by atoms with Crippen LogP contribution in [-0.2, 0) is 0 Å². The average Bonchev–Trinajstić information content (AvgIpc) is 2.96. The van der Waals surface area contributed by atoms with E-state index in [0.717, 1.165) is 28.3 Å². The molecule has 0 spiro atoms. The number of benzene rings is 1. The minimum Gasteiger partial charge on any atom is -0.492 e. The lowest BCUT2D eigenvalue weighted by molar-refractivity contribution is 0.325. The third kappa shape index (κ3) is 3.19. The fraction of sp³-hybridized carbons (Fsp3) is 0.267. The highest BCUT2D eigenvalue weighted by atomic mass is 79.9. The van der Waals surface area contributed by atoms with E-state index in [1.165, 1.54) is 6.33 Å². The molecule has 7 heteroatoms. The lowest BCUT2D eigenvalue weighted by Gasteiger charge is -2.20. The van der Waals surface area contributed by atoms with Crippen molar-refractivity contribution in [2.24, 2.45) is 0 Å². The number of ether oxygens (including phenoxy) is 1. The van der Waals surface area contributed by atoms with Crippen LogP contribution in [0.3, 0.4) is 0 Å². The highest BCUT2D eigenvalue weighted by Crippen LogP contribution is 2.17. The molecule has 0 aliphatic rings. The first-order valence-corrected chi connectivity index (χ1v) is 7.69.